The molecule has 2 aliphatic rings. The van der Waals surface area contributed by atoms with E-state index in [2.05, 4.69) is 13.0 Å². The maximum Gasteiger partial charge on any atom is 0.162 e. The molecular weight excluding hydrogens is 240 g/mol. The molecule has 0 aromatic carbocycles. The number of allylic oxidation sites excluding steroid dienone is 1. The van der Waals surface area contributed by atoms with Gasteiger partial charge in [-0.25, -0.2) is 0 Å². The van der Waals surface area contributed by atoms with Crippen LogP contribution in [-0.4, -0.2) is 23.1 Å². The maximum atomic E-state index is 11.7. The van der Waals surface area contributed by atoms with Gasteiger partial charge < -0.3 is 9.84 Å². The Balaban J connectivity index is 1.77. The smallest absolute Gasteiger partial charge is 0.162 e. The minimum Gasteiger partial charge on any atom is -0.487 e. The topological polar surface area (TPSA) is 46.5 Å². The van der Waals surface area contributed by atoms with Crippen LogP contribution >= 0.6 is 0 Å². The number of aliphatic hydroxyl groups is 1. The molecule has 2 atom stereocenters. The van der Waals surface area contributed by atoms with Gasteiger partial charge in [-0.15, -0.1) is 0 Å². The van der Waals surface area contributed by atoms with Crippen molar-refractivity contribution >= 4 is 5.78 Å². The largest absolute Gasteiger partial charge is 0.487 e. The Hall–Kier alpha value is -1.09. The summed E-state index contributed by atoms with van der Waals surface area (Å²) < 4.78 is 5.70. The molecule has 3 nitrogen and oxygen atoms in total. The minimum atomic E-state index is -0.573. The predicted molar refractivity (Wildman–Crippen MR) is 74.7 cm³/mol. The lowest BCUT2D eigenvalue weighted by Gasteiger charge is -2.18. The minimum absolute atomic E-state index is 0.0483. The lowest BCUT2D eigenvalue weighted by Crippen LogP contribution is -2.21. The van der Waals surface area contributed by atoms with Crippen LogP contribution in [0.2, 0.25) is 0 Å². The van der Waals surface area contributed by atoms with E-state index in [9.17, 15) is 9.90 Å². The molecule has 0 saturated carbocycles. The fourth-order valence-electron chi connectivity index (χ4n) is 2.70. The molecule has 2 unspecified atom stereocenters. The second kappa shape index (κ2) is 6.90. The molecule has 0 aromatic rings. The number of Topliss-reactive ketones (excluding diaryl/α,β-unsaturated/α-hetero) is 1. The van der Waals surface area contributed by atoms with Crippen LogP contribution in [0, 0.1) is 0 Å². The van der Waals surface area contributed by atoms with Crippen LogP contribution in [0.15, 0.2) is 23.5 Å². The van der Waals surface area contributed by atoms with Crippen molar-refractivity contribution < 1.29 is 14.6 Å². The van der Waals surface area contributed by atoms with Crippen LogP contribution in [0.25, 0.3) is 0 Å². The summed E-state index contributed by atoms with van der Waals surface area (Å²) in [5.74, 6) is 0.691. The molecule has 0 radical (unpaired) electrons. The van der Waals surface area contributed by atoms with Crippen LogP contribution < -0.4 is 0 Å². The Kier molecular flexibility index (Phi) is 5.20. The molecule has 2 rings (SSSR count). The molecule has 0 bridgehead atoms. The monoisotopic (exact) mass is 264 g/mol. The fraction of sp³-hybridized carbons (Fsp3) is 0.688. The van der Waals surface area contributed by atoms with Gasteiger partial charge in [0.15, 0.2) is 5.78 Å². The highest BCUT2D eigenvalue weighted by atomic mass is 16.5. The first-order valence-electron chi connectivity index (χ1n) is 7.50. The molecule has 0 amide bonds. The van der Waals surface area contributed by atoms with E-state index in [4.69, 9.17) is 4.74 Å². The summed E-state index contributed by atoms with van der Waals surface area (Å²) in [6.45, 7) is 2.21. The molecule has 106 valence electrons. The summed E-state index contributed by atoms with van der Waals surface area (Å²) in [7, 11) is 0. The molecule has 1 aliphatic carbocycles. The number of carbonyl (C=O) groups is 1. The standard InChI is InChI=1S/C16H24O3/c1-2-3-4-5-6-7-8-12-11-13-14(17)9-10-15(18)16(13)19-12/h7-8,12,15,18H,2-6,9-11H2,1H3. The average molecular weight is 264 g/mol. The number of carbonyl (C=O) groups excluding carboxylic acids is 1. The van der Waals surface area contributed by atoms with Gasteiger partial charge in [-0.1, -0.05) is 32.3 Å². The molecule has 1 N–H and O–H groups in total. The van der Waals surface area contributed by atoms with Gasteiger partial charge >= 0.3 is 0 Å². The van der Waals surface area contributed by atoms with E-state index >= 15 is 0 Å². The van der Waals surface area contributed by atoms with Crippen molar-refractivity contribution in [1.29, 1.82) is 0 Å². The molecule has 1 heterocycles. The third-order valence-corrected chi connectivity index (χ3v) is 3.84. The lowest BCUT2D eigenvalue weighted by atomic mass is 9.93. The number of hydrogen-bond donors (Lipinski definition) is 1. The van der Waals surface area contributed by atoms with Gasteiger partial charge in [-0.2, -0.15) is 0 Å². The van der Waals surface area contributed by atoms with Crippen molar-refractivity contribution in [2.45, 2.75) is 70.5 Å². The lowest BCUT2D eigenvalue weighted by molar-refractivity contribution is -0.117. The molecular formula is C16H24O3. The van der Waals surface area contributed by atoms with E-state index < -0.39 is 6.10 Å². The maximum absolute atomic E-state index is 11.7. The van der Waals surface area contributed by atoms with Crippen LogP contribution in [0.4, 0.5) is 0 Å². The third-order valence-electron chi connectivity index (χ3n) is 3.84. The quantitative estimate of drug-likeness (QED) is 0.591. The zero-order chi connectivity index (χ0) is 13.7. The number of aliphatic hydroxyl groups excluding tert-OH is 1. The predicted octanol–water partition coefficient (Wildman–Crippen LogP) is 3.28. The van der Waals surface area contributed by atoms with E-state index in [0.717, 1.165) is 12.0 Å². The van der Waals surface area contributed by atoms with Crippen LogP contribution in [0.5, 0.6) is 0 Å². The van der Waals surface area contributed by atoms with Gasteiger partial charge in [0.1, 0.15) is 18.0 Å². The van der Waals surface area contributed by atoms with Gasteiger partial charge in [-0.05, 0) is 25.3 Å². The highest BCUT2D eigenvalue weighted by Crippen LogP contribution is 2.34. The Bertz CT molecular complexity index is 381. The van der Waals surface area contributed by atoms with E-state index in [0.29, 0.717) is 25.0 Å². The number of unbranched alkanes of at least 4 members (excludes halogenated alkanes) is 4. The zero-order valence-electron chi connectivity index (χ0n) is 11.7. The van der Waals surface area contributed by atoms with E-state index in [1.54, 1.807) is 0 Å². The van der Waals surface area contributed by atoms with E-state index in [-0.39, 0.29) is 11.9 Å². The Morgan fingerprint density at radius 2 is 2.21 bits per heavy atom. The van der Waals surface area contributed by atoms with Crippen LogP contribution in [0.1, 0.15) is 58.3 Å². The van der Waals surface area contributed by atoms with Crippen LogP contribution in [-0.2, 0) is 9.53 Å². The van der Waals surface area contributed by atoms with Gasteiger partial charge in [-0.3, -0.25) is 4.79 Å². The van der Waals surface area contributed by atoms with Crippen molar-refractivity contribution in [3.8, 4) is 0 Å². The van der Waals surface area contributed by atoms with E-state index in [1.165, 1.54) is 25.7 Å². The fourth-order valence-corrected chi connectivity index (χ4v) is 2.70. The highest BCUT2D eigenvalue weighted by molar-refractivity contribution is 5.97. The van der Waals surface area contributed by atoms with Gasteiger partial charge in [0, 0.05) is 18.4 Å². The molecule has 1 aliphatic heterocycles. The first kappa shape index (κ1) is 14.3. The van der Waals surface area contributed by atoms with E-state index in [1.807, 2.05) is 6.08 Å². The van der Waals surface area contributed by atoms with Gasteiger partial charge in [0.2, 0.25) is 0 Å². The van der Waals surface area contributed by atoms with Crippen molar-refractivity contribution in [3.05, 3.63) is 23.5 Å². The molecule has 19 heavy (non-hydrogen) atoms. The summed E-state index contributed by atoms with van der Waals surface area (Å²) in [6.07, 6.45) is 11.3. The molecule has 3 heteroatoms. The summed E-state index contributed by atoms with van der Waals surface area (Å²) in [4.78, 5) is 11.7. The van der Waals surface area contributed by atoms with Crippen molar-refractivity contribution in [1.82, 2.24) is 0 Å². The molecule has 0 fully saturated rings. The zero-order valence-corrected chi connectivity index (χ0v) is 11.7. The van der Waals surface area contributed by atoms with Crippen molar-refractivity contribution in [2.24, 2.45) is 0 Å². The second-order valence-corrected chi connectivity index (χ2v) is 5.46. The number of ether oxygens (including phenoxy) is 1. The first-order valence-corrected chi connectivity index (χ1v) is 7.50. The summed E-state index contributed by atoms with van der Waals surface area (Å²) >= 11 is 0. The van der Waals surface area contributed by atoms with Crippen molar-refractivity contribution in [2.75, 3.05) is 0 Å². The summed E-state index contributed by atoms with van der Waals surface area (Å²) in [5.41, 5.74) is 0.722. The van der Waals surface area contributed by atoms with Gasteiger partial charge in [0.05, 0.1) is 0 Å². The number of ketones is 1. The van der Waals surface area contributed by atoms with Crippen molar-refractivity contribution in [3.63, 3.8) is 0 Å². The third kappa shape index (κ3) is 3.69. The first-order chi connectivity index (χ1) is 9.22. The second-order valence-electron chi connectivity index (χ2n) is 5.46. The molecule has 0 spiro atoms. The Morgan fingerprint density at radius 3 is 2.95 bits per heavy atom. The SMILES string of the molecule is CCCCCCC=CC1CC2=C(O1)C(O)CCC2=O. The average Bonchev–Trinajstić information content (AvgIpc) is 2.83. The molecule has 0 aromatic heterocycles. The summed E-state index contributed by atoms with van der Waals surface area (Å²) in [5, 5.41) is 9.82. The normalized spacial score (nSPS) is 26.9. The van der Waals surface area contributed by atoms with Gasteiger partial charge in [0.25, 0.3) is 0 Å². The van der Waals surface area contributed by atoms with Crippen LogP contribution in [0.3, 0.4) is 0 Å². The highest BCUT2D eigenvalue weighted by Gasteiger charge is 2.35. The number of rotatable bonds is 6. The number of hydrogen-bond acceptors (Lipinski definition) is 3. The summed E-state index contributed by atoms with van der Waals surface area (Å²) in [6, 6.07) is 0. The molecule has 0 saturated heterocycles. The Labute approximate surface area is 115 Å². The Morgan fingerprint density at radius 1 is 1.37 bits per heavy atom.